The van der Waals surface area contributed by atoms with Crippen LogP contribution in [0.3, 0.4) is 0 Å². The summed E-state index contributed by atoms with van der Waals surface area (Å²) in [5.41, 5.74) is 2.13. The van der Waals surface area contributed by atoms with Crippen molar-refractivity contribution < 1.29 is 9.13 Å². The third-order valence-corrected chi connectivity index (χ3v) is 3.26. The van der Waals surface area contributed by atoms with E-state index < -0.39 is 5.82 Å². The van der Waals surface area contributed by atoms with Crippen molar-refractivity contribution in [2.45, 2.75) is 20.4 Å². The Bertz CT molecular complexity index is 601. The van der Waals surface area contributed by atoms with E-state index in [-0.39, 0.29) is 5.02 Å². The van der Waals surface area contributed by atoms with Gasteiger partial charge in [0.05, 0.1) is 5.02 Å². The molecule has 0 aliphatic heterocycles. The molecule has 106 valence electrons. The highest BCUT2D eigenvalue weighted by Gasteiger charge is 2.06. The summed E-state index contributed by atoms with van der Waals surface area (Å²) in [4.78, 5) is 0. The van der Waals surface area contributed by atoms with Gasteiger partial charge in [0.25, 0.3) is 0 Å². The second-order valence-corrected chi connectivity index (χ2v) is 4.97. The fourth-order valence-corrected chi connectivity index (χ4v) is 1.92. The Morgan fingerprint density at radius 3 is 2.70 bits per heavy atom. The Morgan fingerprint density at radius 2 is 2.00 bits per heavy atom. The van der Waals surface area contributed by atoms with Crippen LogP contribution in [-0.2, 0) is 6.54 Å². The van der Waals surface area contributed by atoms with Crippen LogP contribution in [0.25, 0.3) is 0 Å². The van der Waals surface area contributed by atoms with Crippen molar-refractivity contribution >= 4 is 11.6 Å². The molecule has 0 aliphatic carbocycles. The fourth-order valence-electron chi connectivity index (χ4n) is 1.80. The number of nitrogens with one attached hydrogen (secondary N) is 1. The van der Waals surface area contributed by atoms with Crippen molar-refractivity contribution in [1.82, 2.24) is 5.32 Å². The molecule has 0 spiro atoms. The predicted octanol–water partition coefficient (Wildman–Crippen LogP) is 4.69. The molecule has 2 aromatic rings. The lowest BCUT2D eigenvalue weighted by Gasteiger charge is -2.11. The molecule has 0 saturated heterocycles. The summed E-state index contributed by atoms with van der Waals surface area (Å²) in [7, 11) is 0. The van der Waals surface area contributed by atoms with E-state index in [0.29, 0.717) is 5.75 Å². The normalized spacial score (nSPS) is 10.6. The summed E-state index contributed by atoms with van der Waals surface area (Å²) < 4.78 is 19.1. The maximum atomic E-state index is 13.4. The number of rotatable bonds is 5. The van der Waals surface area contributed by atoms with E-state index in [4.69, 9.17) is 16.3 Å². The molecule has 0 saturated carbocycles. The SMILES string of the molecule is CCNCc1ccc(C)c(Oc2ccc(Cl)c(F)c2)c1. The van der Waals surface area contributed by atoms with Crippen LogP contribution in [0, 0.1) is 12.7 Å². The molecule has 2 aromatic carbocycles. The number of hydrogen-bond acceptors (Lipinski definition) is 2. The first-order valence-electron chi connectivity index (χ1n) is 6.53. The van der Waals surface area contributed by atoms with Gasteiger partial charge in [-0.2, -0.15) is 0 Å². The van der Waals surface area contributed by atoms with Crippen LogP contribution in [0.2, 0.25) is 5.02 Å². The molecule has 2 rings (SSSR count). The van der Waals surface area contributed by atoms with Crippen molar-refractivity contribution in [2.75, 3.05) is 6.54 Å². The third-order valence-electron chi connectivity index (χ3n) is 2.95. The molecular weight excluding hydrogens is 277 g/mol. The van der Waals surface area contributed by atoms with Gasteiger partial charge in [-0.15, -0.1) is 0 Å². The van der Waals surface area contributed by atoms with Crippen LogP contribution in [0.15, 0.2) is 36.4 Å². The Labute approximate surface area is 123 Å². The van der Waals surface area contributed by atoms with Gasteiger partial charge in [-0.05, 0) is 42.8 Å². The van der Waals surface area contributed by atoms with Gasteiger partial charge in [-0.3, -0.25) is 0 Å². The Hall–Kier alpha value is -1.58. The highest BCUT2D eigenvalue weighted by atomic mass is 35.5. The summed E-state index contributed by atoms with van der Waals surface area (Å²) in [5.74, 6) is 0.684. The lowest BCUT2D eigenvalue weighted by atomic mass is 10.1. The van der Waals surface area contributed by atoms with Crippen LogP contribution < -0.4 is 10.1 Å². The van der Waals surface area contributed by atoms with Crippen molar-refractivity contribution in [2.24, 2.45) is 0 Å². The maximum Gasteiger partial charge on any atom is 0.145 e. The van der Waals surface area contributed by atoms with Gasteiger partial charge < -0.3 is 10.1 Å². The highest BCUT2D eigenvalue weighted by Crippen LogP contribution is 2.28. The second kappa shape index (κ2) is 6.73. The molecule has 0 aliphatic rings. The summed E-state index contributed by atoms with van der Waals surface area (Å²) in [6.45, 7) is 5.70. The standard InChI is InChI=1S/C16H17ClFNO/c1-3-19-10-12-5-4-11(2)16(8-12)20-13-6-7-14(17)15(18)9-13/h4-9,19H,3,10H2,1-2H3. The lowest BCUT2D eigenvalue weighted by Crippen LogP contribution is -2.11. The lowest BCUT2D eigenvalue weighted by molar-refractivity contribution is 0.472. The molecule has 0 unspecified atom stereocenters. The molecule has 20 heavy (non-hydrogen) atoms. The van der Waals surface area contributed by atoms with E-state index in [1.165, 1.54) is 12.1 Å². The second-order valence-electron chi connectivity index (χ2n) is 4.56. The highest BCUT2D eigenvalue weighted by molar-refractivity contribution is 6.30. The van der Waals surface area contributed by atoms with E-state index >= 15 is 0 Å². The average Bonchev–Trinajstić information content (AvgIpc) is 2.44. The Morgan fingerprint density at radius 1 is 1.20 bits per heavy atom. The van der Waals surface area contributed by atoms with E-state index in [1.807, 2.05) is 25.1 Å². The van der Waals surface area contributed by atoms with Gasteiger partial charge in [0.1, 0.15) is 17.3 Å². The topological polar surface area (TPSA) is 21.3 Å². The average molecular weight is 294 g/mol. The van der Waals surface area contributed by atoms with Gasteiger partial charge in [0, 0.05) is 12.6 Å². The molecule has 0 radical (unpaired) electrons. The first kappa shape index (κ1) is 14.8. The maximum absolute atomic E-state index is 13.4. The minimum atomic E-state index is -0.481. The van der Waals surface area contributed by atoms with Crippen LogP contribution in [0.4, 0.5) is 4.39 Å². The quantitative estimate of drug-likeness (QED) is 0.863. The molecule has 2 nitrogen and oxygen atoms in total. The van der Waals surface area contributed by atoms with Crippen LogP contribution in [-0.4, -0.2) is 6.54 Å². The number of ether oxygens (including phenoxy) is 1. The zero-order valence-corrected chi connectivity index (χ0v) is 12.3. The molecule has 0 heterocycles. The molecule has 0 aromatic heterocycles. The molecule has 0 atom stereocenters. The summed E-state index contributed by atoms with van der Waals surface area (Å²) in [6.07, 6.45) is 0. The first-order valence-corrected chi connectivity index (χ1v) is 6.91. The number of hydrogen-bond donors (Lipinski definition) is 1. The molecule has 0 fully saturated rings. The van der Waals surface area contributed by atoms with Crippen molar-refractivity contribution in [3.05, 3.63) is 58.4 Å². The van der Waals surface area contributed by atoms with E-state index in [1.54, 1.807) is 6.07 Å². The van der Waals surface area contributed by atoms with Crippen LogP contribution in [0.1, 0.15) is 18.1 Å². The van der Waals surface area contributed by atoms with Crippen molar-refractivity contribution in [3.8, 4) is 11.5 Å². The van der Waals surface area contributed by atoms with E-state index in [0.717, 1.165) is 30.0 Å². The van der Waals surface area contributed by atoms with Gasteiger partial charge in [0.2, 0.25) is 0 Å². The number of benzene rings is 2. The summed E-state index contributed by atoms with van der Waals surface area (Å²) in [5, 5.41) is 3.35. The molecule has 4 heteroatoms. The molecular formula is C16H17ClFNO. The molecule has 0 bridgehead atoms. The van der Waals surface area contributed by atoms with Crippen molar-refractivity contribution in [3.63, 3.8) is 0 Å². The Balaban J connectivity index is 2.20. The first-order chi connectivity index (χ1) is 9.60. The van der Waals surface area contributed by atoms with E-state index in [9.17, 15) is 4.39 Å². The summed E-state index contributed by atoms with van der Waals surface area (Å²) >= 11 is 5.66. The number of halogens is 2. The van der Waals surface area contributed by atoms with Gasteiger partial charge in [-0.1, -0.05) is 30.7 Å². The van der Waals surface area contributed by atoms with Crippen LogP contribution in [0.5, 0.6) is 11.5 Å². The fraction of sp³-hybridized carbons (Fsp3) is 0.250. The minimum absolute atomic E-state index is 0.0926. The van der Waals surface area contributed by atoms with E-state index in [2.05, 4.69) is 12.2 Å². The zero-order valence-electron chi connectivity index (χ0n) is 11.5. The number of aryl methyl sites for hydroxylation is 1. The smallest absolute Gasteiger partial charge is 0.145 e. The predicted molar refractivity (Wildman–Crippen MR) is 80.0 cm³/mol. The van der Waals surface area contributed by atoms with Gasteiger partial charge in [-0.25, -0.2) is 4.39 Å². The molecule has 0 amide bonds. The largest absolute Gasteiger partial charge is 0.457 e. The van der Waals surface area contributed by atoms with Gasteiger partial charge in [0.15, 0.2) is 0 Å². The monoisotopic (exact) mass is 293 g/mol. The molecule has 1 N–H and O–H groups in total. The van der Waals surface area contributed by atoms with Gasteiger partial charge >= 0.3 is 0 Å². The zero-order chi connectivity index (χ0) is 14.5. The van der Waals surface area contributed by atoms with Crippen LogP contribution >= 0.6 is 11.6 Å². The Kier molecular flexibility index (Phi) is 4.99. The van der Waals surface area contributed by atoms with Crippen molar-refractivity contribution in [1.29, 1.82) is 0 Å². The summed E-state index contributed by atoms with van der Waals surface area (Å²) in [6, 6.07) is 10.4. The third kappa shape index (κ3) is 3.71. The minimum Gasteiger partial charge on any atom is -0.457 e.